The van der Waals surface area contributed by atoms with Gasteiger partial charge in [-0.3, -0.25) is 4.79 Å². The van der Waals surface area contributed by atoms with E-state index in [1.54, 1.807) is 6.07 Å². The van der Waals surface area contributed by atoms with Crippen LogP contribution in [0, 0.1) is 17.2 Å². The number of rotatable bonds is 4. The van der Waals surface area contributed by atoms with Crippen LogP contribution in [-0.2, 0) is 11.2 Å². The van der Waals surface area contributed by atoms with Crippen molar-refractivity contribution in [2.24, 2.45) is 22.8 Å². The Balaban J connectivity index is 1.64. The monoisotopic (exact) mass is 353 g/mol. The number of nitrogens with one attached hydrogen (secondary N) is 1. The summed E-state index contributed by atoms with van der Waals surface area (Å²) in [7, 11) is 0. The molecule has 4 unspecified atom stereocenters. The van der Waals surface area contributed by atoms with Gasteiger partial charge in [0, 0.05) is 17.8 Å². The molecule has 1 fully saturated rings. The molecule has 2 aliphatic rings. The molecule has 4 nitrogen and oxygen atoms in total. The summed E-state index contributed by atoms with van der Waals surface area (Å²) in [6, 6.07) is 14.0. The van der Waals surface area contributed by atoms with Crippen molar-refractivity contribution >= 4 is 11.6 Å². The minimum Gasteiger partial charge on any atom is -0.381 e. The van der Waals surface area contributed by atoms with Crippen molar-refractivity contribution in [2.75, 3.05) is 5.32 Å². The van der Waals surface area contributed by atoms with Crippen LogP contribution in [0.3, 0.4) is 0 Å². The zero-order valence-electron chi connectivity index (χ0n) is 14.6. The minimum atomic E-state index is -0.695. The molecule has 5 N–H and O–H groups in total. The number of carbonyl (C=O) groups is 1. The van der Waals surface area contributed by atoms with Crippen LogP contribution in [0.4, 0.5) is 10.1 Å². The fourth-order valence-electron chi connectivity index (χ4n) is 4.80. The molecule has 0 radical (unpaired) electrons. The van der Waals surface area contributed by atoms with Crippen LogP contribution in [0.25, 0.3) is 0 Å². The first kappa shape index (κ1) is 17.0. The Labute approximate surface area is 152 Å². The number of benzene rings is 2. The first-order valence-corrected chi connectivity index (χ1v) is 9.18. The van der Waals surface area contributed by atoms with Gasteiger partial charge in [0.1, 0.15) is 5.82 Å². The van der Waals surface area contributed by atoms with Crippen LogP contribution in [0.15, 0.2) is 48.5 Å². The Hall–Kier alpha value is -2.40. The molecule has 4 rings (SSSR count). The second-order valence-corrected chi connectivity index (χ2v) is 7.52. The molecule has 0 bridgehead atoms. The molecule has 136 valence electrons. The molecule has 0 spiro atoms. The van der Waals surface area contributed by atoms with Gasteiger partial charge in [-0.05, 0) is 60.9 Å². The SMILES string of the molecule is NC(=O)C1(C2CCc3ccccc3N2)CCC1C(N)c1cccc(F)c1. The van der Waals surface area contributed by atoms with E-state index in [-0.39, 0.29) is 23.7 Å². The number of hydrogen-bond donors (Lipinski definition) is 3. The lowest BCUT2D eigenvalue weighted by molar-refractivity contribution is -0.142. The fourth-order valence-corrected chi connectivity index (χ4v) is 4.80. The molecule has 2 aromatic carbocycles. The lowest BCUT2D eigenvalue weighted by Crippen LogP contribution is -2.62. The Bertz CT molecular complexity index is 840. The lowest BCUT2D eigenvalue weighted by Gasteiger charge is -2.55. The second-order valence-electron chi connectivity index (χ2n) is 7.52. The number of halogens is 1. The Kier molecular flexibility index (Phi) is 4.19. The molecule has 1 heterocycles. The van der Waals surface area contributed by atoms with Crippen molar-refractivity contribution in [1.82, 2.24) is 0 Å². The third-order valence-electron chi connectivity index (χ3n) is 6.33. The summed E-state index contributed by atoms with van der Waals surface area (Å²) in [6.07, 6.45) is 3.29. The average Bonchev–Trinajstić information content (AvgIpc) is 2.61. The standard InChI is InChI=1S/C21H24FN3O/c22-15-6-3-5-14(12-15)19(23)16-10-11-21(16,20(24)26)18-9-8-13-4-1-2-7-17(13)25-18/h1-7,12,16,18-19,25H,8-11,23H2,(H2,24,26). The van der Waals surface area contributed by atoms with Gasteiger partial charge in [0.15, 0.2) is 0 Å². The van der Waals surface area contributed by atoms with Gasteiger partial charge in [0.25, 0.3) is 0 Å². The van der Waals surface area contributed by atoms with Gasteiger partial charge in [-0.2, -0.15) is 0 Å². The van der Waals surface area contributed by atoms with Crippen molar-refractivity contribution in [3.63, 3.8) is 0 Å². The maximum absolute atomic E-state index is 13.6. The number of aryl methyl sites for hydroxylation is 1. The smallest absolute Gasteiger partial charge is 0.226 e. The Morgan fingerprint density at radius 1 is 1.19 bits per heavy atom. The molecule has 26 heavy (non-hydrogen) atoms. The number of amides is 1. The molecule has 0 saturated heterocycles. The molecule has 1 aliphatic heterocycles. The van der Waals surface area contributed by atoms with E-state index in [0.717, 1.165) is 36.9 Å². The molecular formula is C21H24FN3O. The maximum atomic E-state index is 13.6. The van der Waals surface area contributed by atoms with Crippen molar-refractivity contribution < 1.29 is 9.18 Å². The highest BCUT2D eigenvalue weighted by atomic mass is 19.1. The molecule has 5 heteroatoms. The van der Waals surface area contributed by atoms with Crippen LogP contribution in [0.1, 0.15) is 36.4 Å². The van der Waals surface area contributed by atoms with Crippen molar-refractivity contribution in [3.05, 3.63) is 65.5 Å². The summed E-state index contributed by atoms with van der Waals surface area (Å²) in [4.78, 5) is 12.6. The zero-order chi connectivity index (χ0) is 18.3. The topological polar surface area (TPSA) is 81.1 Å². The predicted octanol–water partition coefficient (Wildman–Crippen LogP) is 3.13. The van der Waals surface area contributed by atoms with Crippen LogP contribution in [0.2, 0.25) is 0 Å². The second kappa shape index (κ2) is 6.40. The normalized spacial score (nSPS) is 28.4. The molecule has 1 saturated carbocycles. The van der Waals surface area contributed by atoms with Crippen LogP contribution >= 0.6 is 0 Å². The van der Waals surface area contributed by atoms with Gasteiger partial charge < -0.3 is 16.8 Å². The van der Waals surface area contributed by atoms with Gasteiger partial charge in [-0.25, -0.2) is 4.39 Å². The molecule has 1 amide bonds. The first-order chi connectivity index (χ1) is 12.5. The van der Waals surface area contributed by atoms with Crippen LogP contribution in [0.5, 0.6) is 0 Å². The average molecular weight is 353 g/mol. The number of para-hydroxylation sites is 1. The van der Waals surface area contributed by atoms with E-state index in [4.69, 9.17) is 11.5 Å². The van der Waals surface area contributed by atoms with Gasteiger partial charge in [0.05, 0.1) is 5.41 Å². The summed E-state index contributed by atoms with van der Waals surface area (Å²) in [5, 5.41) is 3.54. The van der Waals surface area contributed by atoms with Gasteiger partial charge >= 0.3 is 0 Å². The van der Waals surface area contributed by atoms with Crippen molar-refractivity contribution in [2.45, 2.75) is 37.8 Å². The Morgan fingerprint density at radius 3 is 2.69 bits per heavy atom. The fraction of sp³-hybridized carbons (Fsp3) is 0.381. The minimum absolute atomic E-state index is 0.0479. The highest BCUT2D eigenvalue weighted by molar-refractivity contribution is 5.84. The highest BCUT2D eigenvalue weighted by Crippen LogP contribution is 2.56. The van der Waals surface area contributed by atoms with E-state index in [9.17, 15) is 9.18 Å². The summed E-state index contributed by atoms with van der Waals surface area (Å²) >= 11 is 0. The number of carbonyl (C=O) groups excluding carboxylic acids is 1. The van der Waals surface area contributed by atoms with Crippen LogP contribution in [-0.4, -0.2) is 11.9 Å². The van der Waals surface area contributed by atoms with Crippen molar-refractivity contribution in [3.8, 4) is 0 Å². The summed E-state index contributed by atoms with van der Waals surface area (Å²) < 4.78 is 13.6. The summed E-state index contributed by atoms with van der Waals surface area (Å²) in [6.45, 7) is 0. The van der Waals surface area contributed by atoms with Gasteiger partial charge in [-0.15, -0.1) is 0 Å². The quantitative estimate of drug-likeness (QED) is 0.790. The van der Waals surface area contributed by atoms with E-state index in [1.807, 2.05) is 24.3 Å². The molecule has 2 aromatic rings. The highest BCUT2D eigenvalue weighted by Gasteiger charge is 2.58. The molecule has 4 atom stereocenters. The third-order valence-corrected chi connectivity index (χ3v) is 6.33. The number of primary amides is 1. The summed E-state index contributed by atoms with van der Waals surface area (Å²) in [5.41, 5.74) is 14.7. The van der Waals surface area contributed by atoms with Crippen LogP contribution < -0.4 is 16.8 Å². The number of fused-ring (bicyclic) bond motifs is 1. The number of hydrogen-bond acceptors (Lipinski definition) is 3. The van der Waals surface area contributed by atoms with E-state index >= 15 is 0 Å². The number of anilines is 1. The van der Waals surface area contributed by atoms with E-state index < -0.39 is 11.5 Å². The van der Waals surface area contributed by atoms with E-state index in [1.165, 1.54) is 17.7 Å². The van der Waals surface area contributed by atoms with E-state index in [2.05, 4.69) is 11.4 Å². The third kappa shape index (κ3) is 2.58. The molecular weight excluding hydrogens is 329 g/mol. The van der Waals surface area contributed by atoms with E-state index in [0.29, 0.717) is 0 Å². The number of nitrogens with two attached hydrogens (primary N) is 2. The van der Waals surface area contributed by atoms with Gasteiger partial charge in [-0.1, -0.05) is 30.3 Å². The van der Waals surface area contributed by atoms with Crippen molar-refractivity contribution in [1.29, 1.82) is 0 Å². The maximum Gasteiger partial charge on any atom is 0.226 e. The zero-order valence-corrected chi connectivity index (χ0v) is 14.6. The first-order valence-electron chi connectivity index (χ1n) is 9.18. The van der Waals surface area contributed by atoms with Gasteiger partial charge in [0.2, 0.25) is 5.91 Å². The molecule has 1 aliphatic carbocycles. The largest absolute Gasteiger partial charge is 0.381 e. The lowest BCUT2D eigenvalue weighted by atomic mass is 9.52. The summed E-state index contributed by atoms with van der Waals surface area (Å²) in [5.74, 6) is -0.714. The molecule has 0 aromatic heterocycles. The Morgan fingerprint density at radius 2 is 2.00 bits per heavy atom. The predicted molar refractivity (Wildman–Crippen MR) is 99.9 cm³/mol.